The Morgan fingerprint density at radius 1 is 0.833 bits per heavy atom. The van der Waals surface area contributed by atoms with Gasteiger partial charge in [0.15, 0.2) is 6.61 Å². The summed E-state index contributed by atoms with van der Waals surface area (Å²) < 4.78 is 36.4. The van der Waals surface area contributed by atoms with Gasteiger partial charge in [0.1, 0.15) is 17.2 Å². The molecule has 30 heavy (non-hydrogen) atoms. The molecule has 0 aromatic heterocycles. The number of carbonyl (C=O) groups excluding carboxylic acids is 1. The van der Waals surface area contributed by atoms with Crippen LogP contribution in [-0.4, -0.2) is 39.3 Å². The van der Waals surface area contributed by atoms with Gasteiger partial charge < -0.3 is 14.8 Å². The molecule has 3 aromatic carbocycles. The lowest BCUT2D eigenvalue weighted by atomic mass is 10.3. The lowest BCUT2D eigenvalue weighted by molar-refractivity contribution is -0.118. The van der Waals surface area contributed by atoms with E-state index in [1.54, 1.807) is 24.3 Å². The molecule has 0 radical (unpaired) electrons. The van der Waals surface area contributed by atoms with Crippen LogP contribution in [0.3, 0.4) is 0 Å². The highest BCUT2D eigenvalue weighted by molar-refractivity contribution is 7.89. The zero-order valence-electron chi connectivity index (χ0n) is 16.6. The van der Waals surface area contributed by atoms with Crippen molar-refractivity contribution in [2.75, 3.05) is 26.0 Å². The molecule has 0 aliphatic rings. The Hall–Kier alpha value is -3.36. The molecular formula is C22H22N2O5S. The van der Waals surface area contributed by atoms with Crippen molar-refractivity contribution in [2.45, 2.75) is 4.90 Å². The van der Waals surface area contributed by atoms with E-state index < -0.39 is 10.0 Å². The maximum Gasteiger partial charge on any atom is 0.262 e. The number of amides is 1. The average Bonchev–Trinajstić information content (AvgIpc) is 2.74. The minimum absolute atomic E-state index is 0.155. The molecule has 0 bridgehead atoms. The molecule has 0 atom stereocenters. The zero-order chi connectivity index (χ0) is 21.6. The second kappa shape index (κ2) is 9.43. The predicted octanol–water partition coefficient (Wildman–Crippen LogP) is 3.75. The molecule has 0 unspecified atom stereocenters. The van der Waals surface area contributed by atoms with E-state index in [-0.39, 0.29) is 17.4 Å². The molecule has 1 N–H and O–H groups in total. The third kappa shape index (κ3) is 5.59. The predicted molar refractivity (Wildman–Crippen MR) is 114 cm³/mol. The quantitative estimate of drug-likeness (QED) is 0.593. The number of rotatable bonds is 8. The van der Waals surface area contributed by atoms with Crippen LogP contribution in [0.2, 0.25) is 0 Å². The van der Waals surface area contributed by atoms with Crippen LogP contribution in [0.1, 0.15) is 0 Å². The second-order valence-electron chi connectivity index (χ2n) is 6.54. The normalized spacial score (nSPS) is 11.2. The second-order valence-corrected chi connectivity index (χ2v) is 8.69. The van der Waals surface area contributed by atoms with Gasteiger partial charge in [-0.05, 0) is 60.7 Å². The Kier molecular flexibility index (Phi) is 6.71. The number of nitrogens with zero attached hydrogens (tertiary/aromatic N) is 1. The van der Waals surface area contributed by atoms with E-state index in [1.807, 2.05) is 30.3 Å². The lowest BCUT2D eigenvalue weighted by Crippen LogP contribution is -2.22. The first kappa shape index (κ1) is 21.4. The van der Waals surface area contributed by atoms with Crippen molar-refractivity contribution >= 4 is 21.6 Å². The van der Waals surface area contributed by atoms with Gasteiger partial charge in [0.2, 0.25) is 10.0 Å². The number of para-hydroxylation sites is 1. The van der Waals surface area contributed by atoms with Gasteiger partial charge in [0.05, 0.1) is 4.90 Å². The SMILES string of the molecule is CN(C)S(=O)(=O)c1ccc(OCC(=O)Nc2ccc(Oc3ccccc3)cc2)cc1. The Bertz CT molecular complexity index is 1080. The first-order valence-electron chi connectivity index (χ1n) is 9.13. The number of benzene rings is 3. The Morgan fingerprint density at radius 3 is 2.00 bits per heavy atom. The molecule has 0 aliphatic heterocycles. The first-order valence-corrected chi connectivity index (χ1v) is 10.6. The van der Waals surface area contributed by atoms with Gasteiger partial charge in [-0.25, -0.2) is 12.7 Å². The van der Waals surface area contributed by atoms with Crippen molar-refractivity contribution in [3.63, 3.8) is 0 Å². The molecule has 3 aromatic rings. The number of carbonyl (C=O) groups is 1. The van der Waals surface area contributed by atoms with Crippen LogP contribution in [0.4, 0.5) is 5.69 Å². The molecular weight excluding hydrogens is 404 g/mol. The number of hydrogen-bond donors (Lipinski definition) is 1. The van der Waals surface area contributed by atoms with Crippen LogP contribution in [0, 0.1) is 0 Å². The fourth-order valence-corrected chi connectivity index (χ4v) is 3.40. The number of sulfonamides is 1. The molecule has 156 valence electrons. The van der Waals surface area contributed by atoms with Gasteiger partial charge in [0.25, 0.3) is 5.91 Å². The summed E-state index contributed by atoms with van der Waals surface area (Å²) in [5, 5.41) is 2.73. The van der Waals surface area contributed by atoms with Crippen molar-refractivity contribution in [3.05, 3.63) is 78.9 Å². The van der Waals surface area contributed by atoms with Crippen LogP contribution in [-0.2, 0) is 14.8 Å². The van der Waals surface area contributed by atoms with Crippen LogP contribution >= 0.6 is 0 Å². The monoisotopic (exact) mass is 426 g/mol. The highest BCUT2D eigenvalue weighted by atomic mass is 32.2. The Balaban J connectivity index is 1.51. The molecule has 0 fully saturated rings. The fourth-order valence-electron chi connectivity index (χ4n) is 2.50. The van der Waals surface area contributed by atoms with E-state index in [9.17, 15) is 13.2 Å². The van der Waals surface area contributed by atoms with Crippen LogP contribution in [0.15, 0.2) is 83.8 Å². The molecule has 0 saturated heterocycles. The first-order chi connectivity index (χ1) is 14.3. The van der Waals surface area contributed by atoms with Gasteiger partial charge in [-0.2, -0.15) is 0 Å². The maximum absolute atomic E-state index is 12.1. The summed E-state index contributed by atoms with van der Waals surface area (Å²) in [4.78, 5) is 12.3. The fraction of sp³-hybridized carbons (Fsp3) is 0.136. The van der Waals surface area contributed by atoms with E-state index in [0.29, 0.717) is 17.2 Å². The number of hydrogen-bond acceptors (Lipinski definition) is 5. The third-order valence-corrected chi connectivity index (χ3v) is 5.92. The summed E-state index contributed by atoms with van der Waals surface area (Å²) in [5.41, 5.74) is 0.608. The lowest BCUT2D eigenvalue weighted by Gasteiger charge is -2.12. The van der Waals surface area contributed by atoms with Crippen LogP contribution in [0.25, 0.3) is 0 Å². The molecule has 8 heteroatoms. The minimum atomic E-state index is -3.50. The Labute approximate surface area is 175 Å². The van der Waals surface area contributed by atoms with Gasteiger partial charge in [0, 0.05) is 19.8 Å². The molecule has 7 nitrogen and oxygen atoms in total. The van der Waals surface area contributed by atoms with Gasteiger partial charge in [-0.3, -0.25) is 4.79 Å². The van der Waals surface area contributed by atoms with E-state index >= 15 is 0 Å². The molecule has 1 amide bonds. The Morgan fingerprint density at radius 2 is 1.40 bits per heavy atom. The highest BCUT2D eigenvalue weighted by Gasteiger charge is 2.16. The number of nitrogens with one attached hydrogen (secondary N) is 1. The van der Waals surface area contributed by atoms with Gasteiger partial charge >= 0.3 is 0 Å². The van der Waals surface area contributed by atoms with E-state index in [2.05, 4.69) is 5.32 Å². The largest absolute Gasteiger partial charge is 0.484 e. The molecule has 0 spiro atoms. The van der Waals surface area contributed by atoms with Crippen LogP contribution in [0.5, 0.6) is 17.2 Å². The summed E-state index contributed by atoms with van der Waals surface area (Å²) in [6, 6.07) is 22.3. The highest BCUT2D eigenvalue weighted by Crippen LogP contribution is 2.23. The summed E-state index contributed by atoms with van der Waals surface area (Å²) in [7, 11) is -0.576. The molecule has 0 aliphatic carbocycles. The zero-order valence-corrected chi connectivity index (χ0v) is 17.4. The number of anilines is 1. The average molecular weight is 426 g/mol. The van der Waals surface area contributed by atoms with Crippen molar-refractivity contribution in [3.8, 4) is 17.2 Å². The standard InChI is InChI=1S/C22H22N2O5S/c1-24(2)30(26,27)21-14-12-18(13-15-21)28-16-22(25)23-17-8-10-20(11-9-17)29-19-6-4-3-5-7-19/h3-15H,16H2,1-2H3,(H,23,25). The van der Waals surface area contributed by atoms with E-state index in [4.69, 9.17) is 9.47 Å². The van der Waals surface area contributed by atoms with Crippen molar-refractivity contribution in [2.24, 2.45) is 0 Å². The minimum Gasteiger partial charge on any atom is -0.484 e. The summed E-state index contributed by atoms with van der Waals surface area (Å²) >= 11 is 0. The van der Waals surface area contributed by atoms with Gasteiger partial charge in [-0.1, -0.05) is 18.2 Å². The van der Waals surface area contributed by atoms with Crippen molar-refractivity contribution in [1.29, 1.82) is 0 Å². The smallest absolute Gasteiger partial charge is 0.262 e. The molecule has 3 rings (SSSR count). The van der Waals surface area contributed by atoms with Crippen molar-refractivity contribution in [1.82, 2.24) is 4.31 Å². The van der Waals surface area contributed by atoms with E-state index in [0.717, 1.165) is 10.1 Å². The van der Waals surface area contributed by atoms with Crippen LogP contribution < -0.4 is 14.8 Å². The molecule has 0 heterocycles. The third-order valence-electron chi connectivity index (χ3n) is 4.09. The maximum atomic E-state index is 12.1. The van der Waals surface area contributed by atoms with E-state index in [1.165, 1.54) is 38.4 Å². The topological polar surface area (TPSA) is 84.9 Å². The van der Waals surface area contributed by atoms with Gasteiger partial charge in [-0.15, -0.1) is 0 Å². The molecule has 0 saturated carbocycles. The summed E-state index contributed by atoms with van der Waals surface area (Å²) in [5.74, 6) is 1.45. The van der Waals surface area contributed by atoms with Crippen molar-refractivity contribution < 1.29 is 22.7 Å². The summed E-state index contributed by atoms with van der Waals surface area (Å²) in [6.07, 6.45) is 0. The number of ether oxygens (including phenoxy) is 2. The summed E-state index contributed by atoms with van der Waals surface area (Å²) in [6.45, 7) is -0.206.